The lowest BCUT2D eigenvalue weighted by Crippen LogP contribution is -2.74. The third-order valence-corrected chi connectivity index (χ3v) is 8.06. The standard InChI is InChI=1S/C26H32N2O9/c1-5-7-13(30)37-22-14-10(2)11-8-6-9-12(29)15(11)20(31)16(14)23(33)26(36)18(22)19(28(3)4)21(32)17(24(26)34)25(27)35/h6,8-10,14,17-19,21-22,29,32-33,36H,5,7H2,1-4H3,(H2,27,35)/t10-,14+,17?,18+,19-,21?,22-,26-/m0/s1. The molecule has 0 bridgehead atoms. The molecule has 0 heterocycles. The first-order valence-corrected chi connectivity index (χ1v) is 12.2. The Labute approximate surface area is 213 Å². The number of aliphatic hydroxyl groups excluding tert-OH is 2. The summed E-state index contributed by atoms with van der Waals surface area (Å²) < 4.78 is 5.86. The van der Waals surface area contributed by atoms with Gasteiger partial charge < -0.3 is 35.8 Å². The smallest absolute Gasteiger partial charge is 0.306 e. The van der Waals surface area contributed by atoms with E-state index in [9.17, 15) is 39.6 Å². The molecule has 0 aliphatic heterocycles. The van der Waals surface area contributed by atoms with Crippen LogP contribution in [0.15, 0.2) is 29.5 Å². The summed E-state index contributed by atoms with van der Waals surface area (Å²) in [6.07, 6.45) is -2.61. The predicted octanol–water partition coefficient (Wildman–Crippen LogP) is 0.168. The number of phenolic OH excluding ortho intramolecular Hbond substituents is 1. The molecule has 0 aromatic heterocycles. The van der Waals surface area contributed by atoms with Gasteiger partial charge in [0, 0.05) is 24.0 Å². The van der Waals surface area contributed by atoms with Crippen LogP contribution in [0.5, 0.6) is 5.75 Å². The van der Waals surface area contributed by atoms with Crippen molar-refractivity contribution in [2.75, 3.05) is 14.1 Å². The lowest BCUT2D eigenvalue weighted by Gasteiger charge is -2.57. The van der Waals surface area contributed by atoms with Gasteiger partial charge in [-0.3, -0.25) is 19.2 Å². The number of hydrogen-bond acceptors (Lipinski definition) is 10. The first-order valence-electron chi connectivity index (χ1n) is 12.2. The molecule has 200 valence electrons. The second-order valence-corrected chi connectivity index (χ2v) is 10.3. The van der Waals surface area contributed by atoms with Crippen molar-refractivity contribution >= 4 is 23.4 Å². The van der Waals surface area contributed by atoms with Gasteiger partial charge in [0.05, 0.1) is 17.6 Å². The van der Waals surface area contributed by atoms with Crippen LogP contribution in [0.25, 0.3) is 0 Å². The minimum Gasteiger partial charge on any atom is -0.508 e. The highest BCUT2D eigenvalue weighted by Crippen LogP contribution is 2.56. The molecule has 1 aromatic carbocycles. The molecule has 3 aliphatic carbocycles. The molecule has 0 saturated heterocycles. The fourth-order valence-corrected chi connectivity index (χ4v) is 6.46. The van der Waals surface area contributed by atoms with E-state index >= 15 is 0 Å². The van der Waals surface area contributed by atoms with Crippen LogP contribution in [0.1, 0.15) is 48.5 Å². The van der Waals surface area contributed by atoms with Gasteiger partial charge in [0.25, 0.3) is 0 Å². The number of aliphatic hydroxyl groups is 3. The normalized spacial score (nSPS) is 35.1. The van der Waals surface area contributed by atoms with Gasteiger partial charge in [0.15, 0.2) is 17.2 Å². The Morgan fingerprint density at radius 3 is 2.41 bits per heavy atom. The summed E-state index contributed by atoms with van der Waals surface area (Å²) >= 11 is 0. The van der Waals surface area contributed by atoms with Gasteiger partial charge in [0.2, 0.25) is 5.91 Å². The van der Waals surface area contributed by atoms with Crippen LogP contribution in [0.2, 0.25) is 0 Å². The number of ether oxygens (including phenoxy) is 1. The molecule has 1 aromatic rings. The summed E-state index contributed by atoms with van der Waals surface area (Å²) in [6, 6.07) is 3.30. The number of aromatic hydroxyl groups is 1. The first-order chi connectivity index (χ1) is 17.3. The summed E-state index contributed by atoms with van der Waals surface area (Å²) in [5.41, 5.74) is 2.49. The van der Waals surface area contributed by atoms with Crippen LogP contribution < -0.4 is 5.73 Å². The second kappa shape index (κ2) is 9.23. The number of nitrogens with two attached hydrogens (primary N) is 1. The number of nitrogens with zero attached hydrogens (tertiary/aromatic N) is 1. The van der Waals surface area contributed by atoms with Gasteiger partial charge in [-0.05, 0) is 38.1 Å². The maximum atomic E-state index is 13.7. The average Bonchev–Trinajstić information content (AvgIpc) is 2.80. The molecule has 11 heteroatoms. The maximum Gasteiger partial charge on any atom is 0.306 e. The second-order valence-electron chi connectivity index (χ2n) is 10.3. The van der Waals surface area contributed by atoms with Crippen molar-refractivity contribution in [1.29, 1.82) is 0 Å². The molecule has 8 atom stereocenters. The summed E-state index contributed by atoms with van der Waals surface area (Å²) in [5.74, 6) is -10.4. The zero-order valence-electron chi connectivity index (χ0n) is 21.0. The Kier molecular flexibility index (Phi) is 6.68. The minimum absolute atomic E-state index is 0.00609. The molecule has 0 spiro atoms. The van der Waals surface area contributed by atoms with Gasteiger partial charge in [-0.1, -0.05) is 26.0 Å². The Hall–Kier alpha value is -3.28. The molecule has 37 heavy (non-hydrogen) atoms. The summed E-state index contributed by atoms with van der Waals surface area (Å²) in [7, 11) is 3.07. The van der Waals surface area contributed by atoms with E-state index in [-0.39, 0.29) is 23.3 Å². The fraction of sp³-hybridized carbons (Fsp3) is 0.538. The molecular weight excluding hydrogens is 484 g/mol. The van der Waals surface area contributed by atoms with E-state index in [2.05, 4.69) is 0 Å². The van der Waals surface area contributed by atoms with Crippen molar-refractivity contribution in [3.63, 3.8) is 0 Å². The predicted molar refractivity (Wildman–Crippen MR) is 128 cm³/mol. The van der Waals surface area contributed by atoms with Crippen molar-refractivity contribution in [3.8, 4) is 5.75 Å². The Morgan fingerprint density at radius 1 is 1.19 bits per heavy atom. The third kappa shape index (κ3) is 3.67. The fourth-order valence-electron chi connectivity index (χ4n) is 6.46. The number of fused-ring (bicyclic) bond motifs is 3. The number of hydrogen-bond donors (Lipinski definition) is 5. The first kappa shape index (κ1) is 26.8. The molecule has 11 nitrogen and oxygen atoms in total. The minimum atomic E-state index is -2.88. The molecule has 0 radical (unpaired) electrons. The lowest BCUT2D eigenvalue weighted by molar-refractivity contribution is -0.203. The monoisotopic (exact) mass is 516 g/mol. The van der Waals surface area contributed by atoms with E-state index in [0.717, 1.165) is 0 Å². The van der Waals surface area contributed by atoms with Crippen LogP contribution in [-0.2, 0) is 19.1 Å². The number of primary amides is 1. The number of Topliss-reactive ketones (excluding diaryl/α,β-unsaturated/α-hetero) is 2. The highest BCUT2D eigenvalue weighted by molar-refractivity contribution is 6.16. The Morgan fingerprint density at radius 2 is 1.84 bits per heavy atom. The van der Waals surface area contributed by atoms with Gasteiger partial charge in [-0.2, -0.15) is 0 Å². The summed E-state index contributed by atoms with van der Waals surface area (Å²) in [5, 5.41) is 45.0. The van der Waals surface area contributed by atoms with E-state index in [1.54, 1.807) is 26.0 Å². The van der Waals surface area contributed by atoms with Gasteiger partial charge in [0.1, 0.15) is 23.5 Å². The van der Waals surface area contributed by atoms with Crippen molar-refractivity contribution in [2.24, 2.45) is 23.5 Å². The summed E-state index contributed by atoms with van der Waals surface area (Å²) in [4.78, 5) is 53.8. The Balaban J connectivity index is 2.06. The Bertz CT molecular complexity index is 1210. The van der Waals surface area contributed by atoms with Crippen molar-refractivity contribution in [2.45, 2.75) is 56.5 Å². The maximum absolute atomic E-state index is 13.7. The quantitative estimate of drug-likeness (QED) is 0.267. The number of phenols is 1. The molecule has 1 amide bonds. The third-order valence-electron chi connectivity index (χ3n) is 8.06. The highest BCUT2D eigenvalue weighted by Gasteiger charge is 2.70. The van der Waals surface area contributed by atoms with Crippen LogP contribution in [-0.4, -0.2) is 86.7 Å². The highest BCUT2D eigenvalue weighted by atomic mass is 16.5. The molecular formula is C26H32N2O9. The largest absolute Gasteiger partial charge is 0.508 e. The zero-order chi connectivity index (χ0) is 27.6. The molecule has 2 unspecified atom stereocenters. The van der Waals surface area contributed by atoms with Gasteiger partial charge >= 0.3 is 5.97 Å². The number of esters is 1. The van der Waals surface area contributed by atoms with Crippen molar-refractivity contribution in [3.05, 3.63) is 40.7 Å². The lowest BCUT2D eigenvalue weighted by atomic mass is 9.53. The molecule has 1 fully saturated rings. The van der Waals surface area contributed by atoms with E-state index in [1.165, 1.54) is 25.1 Å². The van der Waals surface area contributed by atoms with Crippen LogP contribution in [0, 0.1) is 17.8 Å². The van der Waals surface area contributed by atoms with E-state index in [4.69, 9.17) is 10.5 Å². The van der Waals surface area contributed by atoms with Gasteiger partial charge in [-0.25, -0.2) is 0 Å². The number of ketones is 2. The number of benzene rings is 1. The number of amides is 1. The number of carbonyl (C=O) groups excluding carboxylic acids is 4. The number of carbonyl (C=O) groups is 4. The van der Waals surface area contributed by atoms with E-state index < -0.39 is 76.7 Å². The number of rotatable bonds is 5. The molecule has 4 rings (SSSR count). The van der Waals surface area contributed by atoms with Crippen molar-refractivity contribution < 1.29 is 44.3 Å². The van der Waals surface area contributed by atoms with Crippen LogP contribution in [0.4, 0.5) is 0 Å². The number of likely N-dealkylation sites (N-methyl/N-ethyl adjacent to an activating group) is 1. The molecule has 3 aliphatic rings. The van der Waals surface area contributed by atoms with Crippen LogP contribution >= 0.6 is 0 Å². The van der Waals surface area contributed by atoms with Gasteiger partial charge in [-0.15, -0.1) is 0 Å². The summed E-state index contributed by atoms with van der Waals surface area (Å²) in [6.45, 7) is 3.47. The topological polar surface area (TPSA) is 188 Å². The van der Waals surface area contributed by atoms with E-state index in [0.29, 0.717) is 12.0 Å². The average molecular weight is 517 g/mol. The zero-order valence-corrected chi connectivity index (χ0v) is 21.0. The SMILES string of the molecule is CCCC(=O)O[C@H]1[C@H]2C(=C(O)[C@]3(O)C(=O)C(C(N)=O)C(O)[C@@H](N(C)C)[C@H]13)C(=O)c1c(O)cccc1[C@@H]2C. The molecule has 6 N–H and O–H groups in total. The van der Waals surface area contributed by atoms with Crippen LogP contribution in [0.3, 0.4) is 0 Å². The van der Waals surface area contributed by atoms with Crippen molar-refractivity contribution in [1.82, 2.24) is 4.90 Å². The molecule has 1 saturated carbocycles. The van der Waals surface area contributed by atoms with E-state index in [1.807, 2.05) is 0 Å².